The number of fused-ring (bicyclic) bond motifs is 1. The molecule has 0 spiro atoms. The maximum absolute atomic E-state index is 14.1. The van der Waals surface area contributed by atoms with Crippen molar-refractivity contribution in [2.45, 2.75) is 12.5 Å². The molecule has 0 radical (unpaired) electrons. The quantitative estimate of drug-likeness (QED) is 0.729. The van der Waals surface area contributed by atoms with Crippen LogP contribution in [0.5, 0.6) is 5.75 Å². The van der Waals surface area contributed by atoms with Crippen LogP contribution in [-0.2, 0) is 4.79 Å². The molecule has 1 aliphatic rings. The van der Waals surface area contributed by atoms with E-state index in [1.165, 1.54) is 29.2 Å². The van der Waals surface area contributed by atoms with Crippen molar-refractivity contribution >= 4 is 44.3 Å². The first-order valence-electron chi connectivity index (χ1n) is 7.39. The van der Waals surface area contributed by atoms with Gasteiger partial charge in [-0.15, -0.1) is 23.1 Å². The van der Waals surface area contributed by atoms with Gasteiger partial charge in [0.05, 0.1) is 16.8 Å². The molecule has 6 nitrogen and oxygen atoms in total. The third-order valence-electron chi connectivity index (χ3n) is 3.39. The molecular formula is C15H16FN3O3S2. The molecule has 2 heterocycles. The zero-order chi connectivity index (χ0) is 17.1. The molecule has 1 aromatic heterocycles. The van der Waals surface area contributed by atoms with Gasteiger partial charge in [-0.05, 0) is 20.0 Å². The summed E-state index contributed by atoms with van der Waals surface area (Å²) >= 11 is 2.72. The number of hydrogen-bond donors (Lipinski definition) is 2. The number of carboxylic acid groups (broad SMARTS) is 1. The minimum absolute atomic E-state index is 0.207. The lowest BCUT2D eigenvalue weighted by atomic mass is 10.3. The fourth-order valence-corrected chi connectivity index (χ4v) is 4.25. The fraction of sp³-hybridized carbons (Fsp3) is 0.400. The van der Waals surface area contributed by atoms with Crippen LogP contribution < -0.4 is 10.1 Å². The molecule has 1 unspecified atom stereocenters. The fourth-order valence-electron chi connectivity index (χ4n) is 2.18. The van der Waals surface area contributed by atoms with Gasteiger partial charge < -0.3 is 15.2 Å². The maximum Gasteiger partial charge on any atom is 0.329 e. The van der Waals surface area contributed by atoms with Gasteiger partial charge in [0.25, 0.3) is 0 Å². The van der Waals surface area contributed by atoms with Crippen LogP contribution in [-0.4, -0.2) is 53.1 Å². The number of benzene rings is 1. The van der Waals surface area contributed by atoms with Crippen LogP contribution in [0.25, 0.3) is 10.2 Å². The molecule has 0 bridgehead atoms. The summed E-state index contributed by atoms with van der Waals surface area (Å²) in [5, 5.41) is 13.2. The van der Waals surface area contributed by atoms with Crippen molar-refractivity contribution in [3.8, 4) is 5.75 Å². The molecule has 0 saturated carbocycles. The number of halogens is 1. The molecule has 3 rings (SSSR count). The number of carboxylic acids is 1. The SMILES string of the molecule is CNCCCOc1cc2sc(C3=NC(C(=O)O)CS3)nc2cc1F. The highest BCUT2D eigenvalue weighted by atomic mass is 32.2. The van der Waals surface area contributed by atoms with Crippen LogP contribution >= 0.6 is 23.1 Å². The van der Waals surface area contributed by atoms with Crippen molar-refractivity contribution in [1.82, 2.24) is 10.3 Å². The van der Waals surface area contributed by atoms with Crippen LogP contribution in [0, 0.1) is 5.82 Å². The Labute approximate surface area is 146 Å². The number of thiazole rings is 1. The van der Waals surface area contributed by atoms with Gasteiger partial charge in [0.15, 0.2) is 17.6 Å². The van der Waals surface area contributed by atoms with Crippen molar-refractivity contribution in [3.05, 3.63) is 23.0 Å². The van der Waals surface area contributed by atoms with Gasteiger partial charge in [0, 0.05) is 17.9 Å². The number of aliphatic carboxylic acids is 1. The molecule has 128 valence electrons. The second-order valence-electron chi connectivity index (χ2n) is 5.17. The number of aliphatic imine (C=N–C) groups is 1. The molecular weight excluding hydrogens is 353 g/mol. The zero-order valence-electron chi connectivity index (χ0n) is 12.9. The van der Waals surface area contributed by atoms with Gasteiger partial charge in [-0.3, -0.25) is 4.99 Å². The summed E-state index contributed by atoms with van der Waals surface area (Å²) in [5.74, 6) is -0.789. The van der Waals surface area contributed by atoms with E-state index in [0.29, 0.717) is 27.9 Å². The average molecular weight is 369 g/mol. The standard InChI is InChI=1S/C15H16FN3O3S2/c1-17-3-2-4-22-11-6-12-9(5-8(11)16)18-14(24-12)13-19-10(7-23-13)15(20)21/h5-6,10,17H,2-4,7H2,1H3,(H,20,21). The number of thioether (sulfide) groups is 1. The molecule has 0 amide bonds. The smallest absolute Gasteiger partial charge is 0.329 e. The predicted octanol–water partition coefficient (Wildman–Crippen LogP) is 2.37. The van der Waals surface area contributed by atoms with Gasteiger partial charge in [-0.2, -0.15) is 0 Å². The summed E-state index contributed by atoms with van der Waals surface area (Å²) in [5.41, 5.74) is 0.525. The van der Waals surface area contributed by atoms with Crippen LogP contribution in [0.15, 0.2) is 17.1 Å². The molecule has 2 aromatic rings. The van der Waals surface area contributed by atoms with Gasteiger partial charge >= 0.3 is 5.97 Å². The Kier molecular flexibility index (Phi) is 5.32. The second-order valence-corrected chi connectivity index (χ2v) is 7.21. The normalized spacial score (nSPS) is 17.2. The molecule has 1 atom stereocenters. The van der Waals surface area contributed by atoms with E-state index in [1.807, 2.05) is 7.05 Å². The molecule has 24 heavy (non-hydrogen) atoms. The lowest BCUT2D eigenvalue weighted by molar-refractivity contribution is -0.137. The highest BCUT2D eigenvalue weighted by Gasteiger charge is 2.27. The van der Waals surface area contributed by atoms with Gasteiger partial charge in [0.2, 0.25) is 0 Å². The lowest BCUT2D eigenvalue weighted by Gasteiger charge is -2.06. The highest BCUT2D eigenvalue weighted by Crippen LogP contribution is 2.33. The minimum Gasteiger partial charge on any atom is -0.490 e. The van der Waals surface area contributed by atoms with Crippen molar-refractivity contribution in [1.29, 1.82) is 0 Å². The first-order chi connectivity index (χ1) is 11.6. The molecule has 0 saturated heterocycles. The van der Waals surface area contributed by atoms with Gasteiger partial charge in [-0.25, -0.2) is 14.2 Å². The topological polar surface area (TPSA) is 83.8 Å². The third kappa shape index (κ3) is 3.68. The van der Waals surface area contributed by atoms with E-state index < -0.39 is 17.8 Å². The monoisotopic (exact) mass is 369 g/mol. The number of nitrogens with zero attached hydrogens (tertiary/aromatic N) is 2. The molecule has 1 aliphatic heterocycles. The van der Waals surface area contributed by atoms with Crippen molar-refractivity contribution in [2.75, 3.05) is 26.0 Å². The number of ether oxygens (including phenoxy) is 1. The summed E-state index contributed by atoms with van der Waals surface area (Å²) < 4.78 is 20.4. The number of aromatic nitrogens is 1. The Morgan fingerprint density at radius 1 is 1.54 bits per heavy atom. The van der Waals surface area contributed by atoms with E-state index in [0.717, 1.165) is 17.7 Å². The van der Waals surface area contributed by atoms with E-state index >= 15 is 0 Å². The summed E-state index contributed by atoms with van der Waals surface area (Å²) in [6, 6.07) is 2.25. The molecule has 0 fully saturated rings. The van der Waals surface area contributed by atoms with Gasteiger partial charge in [0.1, 0.15) is 10.1 Å². The van der Waals surface area contributed by atoms with Crippen LogP contribution in [0.2, 0.25) is 0 Å². The minimum atomic E-state index is -0.943. The summed E-state index contributed by atoms with van der Waals surface area (Å²) in [6.45, 7) is 1.23. The number of hydrogen-bond acceptors (Lipinski definition) is 7. The van der Waals surface area contributed by atoms with Crippen LogP contribution in [0.1, 0.15) is 11.4 Å². The zero-order valence-corrected chi connectivity index (χ0v) is 14.5. The summed E-state index contributed by atoms with van der Waals surface area (Å²) in [6.07, 6.45) is 0.784. The highest BCUT2D eigenvalue weighted by molar-refractivity contribution is 8.15. The Bertz CT molecular complexity index is 794. The molecule has 0 aliphatic carbocycles. The van der Waals surface area contributed by atoms with Crippen molar-refractivity contribution in [2.24, 2.45) is 4.99 Å². The van der Waals surface area contributed by atoms with E-state index in [1.54, 1.807) is 6.07 Å². The van der Waals surface area contributed by atoms with E-state index in [4.69, 9.17) is 9.84 Å². The van der Waals surface area contributed by atoms with Crippen molar-refractivity contribution in [3.63, 3.8) is 0 Å². The molecule has 9 heteroatoms. The van der Waals surface area contributed by atoms with Crippen molar-refractivity contribution < 1.29 is 19.0 Å². The first-order valence-corrected chi connectivity index (χ1v) is 9.20. The van der Waals surface area contributed by atoms with Crippen LogP contribution in [0.4, 0.5) is 4.39 Å². The van der Waals surface area contributed by atoms with E-state index in [-0.39, 0.29) is 5.75 Å². The molecule has 1 aromatic carbocycles. The largest absolute Gasteiger partial charge is 0.490 e. The second kappa shape index (κ2) is 7.45. The summed E-state index contributed by atoms with van der Waals surface area (Å²) in [4.78, 5) is 19.5. The predicted molar refractivity (Wildman–Crippen MR) is 94.0 cm³/mol. The van der Waals surface area contributed by atoms with E-state index in [9.17, 15) is 9.18 Å². The van der Waals surface area contributed by atoms with Crippen LogP contribution in [0.3, 0.4) is 0 Å². The summed E-state index contributed by atoms with van der Waals surface area (Å²) in [7, 11) is 1.85. The van der Waals surface area contributed by atoms with Gasteiger partial charge in [-0.1, -0.05) is 0 Å². The number of rotatable bonds is 7. The van der Waals surface area contributed by atoms with E-state index in [2.05, 4.69) is 15.3 Å². The Morgan fingerprint density at radius 3 is 3.08 bits per heavy atom. The average Bonchev–Trinajstić information content (AvgIpc) is 3.17. The number of nitrogens with one attached hydrogen (secondary N) is 1. The molecule has 2 N–H and O–H groups in total. The maximum atomic E-state index is 14.1. The Morgan fingerprint density at radius 2 is 2.38 bits per heavy atom. The Balaban J connectivity index is 1.81. The Hall–Kier alpha value is -1.71. The first kappa shape index (κ1) is 17.1. The lowest BCUT2D eigenvalue weighted by Crippen LogP contribution is -2.17. The number of carbonyl (C=O) groups is 1. The third-order valence-corrected chi connectivity index (χ3v) is 5.60.